The molecule has 0 aliphatic heterocycles. The lowest BCUT2D eigenvalue weighted by atomic mass is 10.0. The van der Waals surface area contributed by atoms with Gasteiger partial charge in [-0.15, -0.1) is 11.3 Å². The van der Waals surface area contributed by atoms with Gasteiger partial charge in [-0.3, -0.25) is 9.59 Å². The minimum Gasteiger partial charge on any atom is -0.388 e. The summed E-state index contributed by atoms with van der Waals surface area (Å²) in [6.45, 7) is 2.23. The first-order valence-corrected chi connectivity index (χ1v) is 8.02. The van der Waals surface area contributed by atoms with E-state index in [9.17, 15) is 14.7 Å². The smallest absolute Gasteiger partial charge is 0.261 e. The number of hydrogen-bond donors (Lipinski definition) is 2. The van der Waals surface area contributed by atoms with Crippen LogP contribution >= 0.6 is 11.3 Å². The molecule has 1 aliphatic rings. The maximum absolute atomic E-state index is 12.0. The topological polar surface area (TPSA) is 69.6 Å². The first kappa shape index (κ1) is 16.0. The zero-order chi connectivity index (χ0) is 15.5. The lowest BCUT2D eigenvalue weighted by molar-refractivity contribution is -0.132. The fourth-order valence-corrected chi connectivity index (χ4v) is 3.44. The molecule has 0 saturated heterocycles. The van der Waals surface area contributed by atoms with Crippen molar-refractivity contribution in [2.75, 3.05) is 20.1 Å². The van der Waals surface area contributed by atoms with Crippen LogP contribution in [0.1, 0.15) is 40.2 Å². The number of aryl methyl sites for hydroxylation is 1. The molecule has 0 spiro atoms. The summed E-state index contributed by atoms with van der Waals surface area (Å²) in [7, 11) is 1.67. The number of hydrogen-bond acceptors (Lipinski definition) is 4. The van der Waals surface area contributed by atoms with E-state index >= 15 is 0 Å². The lowest BCUT2D eigenvalue weighted by Gasteiger charge is -2.28. The Balaban J connectivity index is 1.79. The van der Waals surface area contributed by atoms with Crippen LogP contribution < -0.4 is 5.32 Å². The van der Waals surface area contributed by atoms with Crippen LogP contribution in [-0.2, 0) is 4.79 Å². The largest absolute Gasteiger partial charge is 0.388 e. The molecule has 0 radical (unpaired) electrons. The lowest BCUT2D eigenvalue weighted by Crippen LogP contribution is -2.45. The maximum Gasteiger partial charge on any atom is 0.261 e. The highest BCUT2D eigenvalue weighted by atomic mass is 32.1. The van der Waals surface area contributed by atoms with Crippen molar-refractivity contribution >= 4 is 23.2 Å². The van der Waals surface area contributed by atoms with Gasteiger partial charge in [0.15, 0.2) is 0 Å². The average Bonchev–Trinajstić information content (AvgIpc) is 3.04. The van der Waals surface area contributed by atoms with Crippen molar-refractivity contribution in [3.8, 4) is 0 Å². The monoisotopic (exact) mass is 310 g/mol. The number of carbonyl (C=O) groups excluding carboxylic acids is 2. The van der Waals surface area contributed by atoms with Gasteiger partial charge in [0.1, 0.15) is 0 Å². The number of carbonyl (C=O) groups is 2. The van der Waals surface area contributed by atoms with Crippen LogP contribution in [0.4, 0.5) is 0 Å². The van der Waals surface area contributed by atoms with Crippen LogP contribution in [0.2, 0.25) is 0 Å². The van der Waals surface area contributed by atoms with Crippen LogP contribution in [0.3, 0.4) is 0 Å². The molecule has 5 nitrogen and oxygen atoms in total. The molecule has 2 amide bonds. The van der Waals surface area contributed by atoms with E-state index in [2.05, 4.69) is 5.32 Å². The van der Waals surface area contributed by atoms with E-state index < -0.39 is 5.60 Å². The highest BCUT2D eigenvalue weighted by molar-refractivity contribution is 7.13. The van der Waals surface area contributed by atoms with Gasteiger partial charge in [0.25, 0.3) is 5.91 Å². The number of nitrogens with one attached hydrogen (secondary N) is 1. The Kier molecular flexibility index (Phi) is 5.00. The maximum atomic E-state index is 12.0. The van der Waals surface area contributed by atoms with Gasteiger partial charge in [0, 0.05) is 18.5 Å². The van der Waals surface area contributed by atoms with E-state index in [1.807, 2.05) is 13.0 Å². The summed E-state index contributed by atoms with van der Waals surface area (Å²) in [5.41, 5.74) is -0.751. The van der Waals surface area contributed by atoms with Gasteiger partial charge in [-0.25, -0.2) is 0 Å². The summed E-state index contributed by atoms with van der Waals surface area (Å²) >= 11 is 1.40. The van der Waals surface area contributed by atoms with Crippen molar-refractivity contribution in [1.29, 1.82) is 0 Å². The molecule has 1 saturated carbocycles. The molecular weight excluding hydrogens is 288 g/mol. The van der Waals surface area contributed by atoms with E-state index in [1.165, 1.54) is 16.2 Å². The number of likely N-dealkylation sites (N-methyl/N-ethyl adjacent to an activating group) is 1. The van der Waals surface area contributed by atoms with Crippen molar-refractivity contribution in [3.63, 3.8) is 0 Å². The van der Waals surface area contributed by atoms with E-state index in [0.717, 1.165) is 30.6 Å². The molecule has 1 fully saturated rings. The Hall–Kier alpha value is -1.40. The number of nitrogens with zero attached hydrogens (tertiary/aromatic N) is 1. The fraction of sp³-hybridized carbons (Fsp3) is 0.600. The van der Waals surface area contributed by atoms with Crippen LogP contribution in [0.25, 0.3) is 0 Å². The SMILES string of the molecule is Cc1ccc(C(=O)NCC(=O)N(C)CC2(O)CCCC2)s1. The third kappa shape index (κ3) is 4.28. The molecule has 0 aromatic carbocycles. The third-order valence-electron chi connectivity index (χ3n) is 3.86. The Morgan fingerprint density at radius 3 is 2.62 bits per heavy atom. The molecule has 0 unspecified atom stereocenters. The second-order valence-corrected chi connectivity index (χ2v) is 7.06. The zero-order valence-electron chi connectivity index (χ0n) is 12.5. The summed E-state index contributed by atoms with van der Waals surface area (Å²) in [6.07, 6.45) is 3.50. The van der Waals surface area contributed by atoms with Crippen molar-refractivity contribution in [2.45, 2.75) is 38.2 Å². The number of amides is 2. The van der Waals surface area contributed by atoms with Crippen molar-refractivity contribution in [2.24, 2.45) is 0 Å². The standard InChI is InChI=1S/C15H22N2O3S/c1-11-5-6-12(21-11)14(19)16-9-13(18)17(2)10-15(20)7-3-4-8-15/h5-6,20H,3-4,7-10H2,1-2H3,(H,16,19). The van der Waals surface area contributed by atoms with E-state index in [4.69, 9.17) is 0 Å². The van der Waals surface area contributed by atoms with Crippen molar-refractivity contribution < 1.29 is 14.7 Å². The van der Waals surface area contributed by atoms with Crippen molar-refractivity contribution in [3.05, 3.63) is 21.9 Å². The molecule has 2 rings (SSSR count). The van der Waals surface area contributed by atoms with Gasteiger partial charge in [-0.05, 0) is 31.9 Å². The second-order valence-electron chi connectivity index (χ2n) is 5.77. The summed E-state index contributed by atoms with van der Waals surface area (Å²) in [5.74, 6) is -0.411. The summed E-state index contributed by atoms with van der Waals surface area (Å²) < 4.78 is 0. The molecule has 2 N–H and O–H groups in total. The summed E-state index contributed by atoms with van der Waals surface area (Å²) in [6, 6.07) is 3.63. The first-order chi connectivity index (χ1) is 9.89. The predicted octanol–water partition coefficient (Wildman–Crippen LogP) is 1.55. The molecule has 116 valence electrons. The third-order valence-corrected chi connectivity index (χ3v) is 4.86. The zero-order valence-corrected chi connectivity index (χ0v) is 13.3. The predicted molar refractivity (Wildman–Crippen MR) is 82.4 cm³/mol. The molecule has 1 heterocycles. The second kappa shape index (κ2) is 6.58. The first-order valence-electron chi connectivity index (χ1n) is 7.21. The van der Waals surface area contributed by atoms with Gasteiger partial charge in [-0.1, -0.05) is 12.8 Å². The quantitative estimate of drug-likeness (QED) is 0.867. The molecule has 1 aromatic rings. The number of thiophene rings is 1. The highest BCUT2D eigenvalue weighted by Gasteiger charge is 2.33. The molecule has 0 bridgehead atoms. The molecule has 0 atom stereocenters. The Bertz CT molecular complexity index is 521. The fourth-order valence-electron chi connectivity index (χ4n) is 2.66. The van der Waals surface area contributed by atoms with Gasteiger partial charge in [0.05, 0.1) is 17.0 Å². The summed E-state index contributed by atoms with van der Waals surface area (Å²) in [5, 5.41) is 12.9. The minimum atomic E-state index is -0.751. The highest BCUT2D eigenvalue weighted by Crippen LogP contribution is 2.29. The Morgan fingerprint density at radius 1 is 1.38 bits per heavy atom. The van der Waals surface area contributed by atoms with Crippen LogP contribution in [0.5, 0.6) is 0 Å². The molecular formula is C15H22N2O3S. The number of aliphatic hydroxyl groups is 1. The van der Waals surface area contributed by atoms with Crippen LogP contribution in [-0.4, -0.2) is 47.6 Å². The minimum absolute atomic E-state index is 0.0393. The van der Waals surface area contributed by atoms with Crippen LogP contribution in [0, 0.1) is 6.92 Å². The van der Waals surface area contributed by atoms with Gasteiger partial charge in [0.2, 0.25) is 5.91 Å². The van der Waals surface area contributed by atoms with Gasteiger partial charge >= 0.3 is 0 Å². The molecule has 6 heteroatoms. The Morgan fingerprint density at radius 2 is 2.05 bits per heavy atom. The van der Waals surface area contributed by atoms with Gasteiger partial charge < -0.3 is 15.3 Å². The van der Waals surface area contributed by atoms with E-state index in [-0.39, 0.29) is 18.4 Å². The van der Waals surface area contributed by atoms with Crippen LogP contribution in [0.15, 0.2) is 12.1 Å². The van der Waals surface area contributed by atoms with Crippen molar-refractivity contribution in [1.82, 2.24) is 10.2 Å². The van der Waals surface area contributed by atoms with E-state index in [0.29, 0.717) is 11.4 Å². The molecule has 21 heavy (non-hydrogen) atoms. The number of rotatable bonds is 5. The summed E-state index contributed by atoms with van der Waals surface area (Å²) in [4.78, 5) is 27.1. The van der Waals surface area contributed by atoms with E-state index in [1.54, 1.807) is 13.1 Å². The average molecular weight is 310 g/mol. The van der Waals surface area contributed by atoms with Gasteiger partial charge in [-0.2, -0.15) is 0 Å². The molecule has 1 aromatic heterocycles. The normalized spacial score (nSPS) is 16.7. The molecule has 1 aliphatic carbocycles. The Labute approximate surface area is 129 Å².